The van der Waals surface area contributed by atoms with Crippen molar-refractivity contribution in [3.63, 3.8) is 0 Å². The Hall–Kier alpha value is -3.92. The molecule has 7 rings (SSSR count). The molecule has 3 amide bonds. The number of nitrogens with zero attached hydrogens (tertiary/aromatic N) is 5. The number of amides is 3. The second-order valence-electron chi connectivity index (χ2n) is 13.4. The summed E-state index contributed by atoms with van der Waals surface area (Å²) in [7, 11) is 0. The van der Waals surface area contributed by atoms with Crippen LogP contribution < -0.4 is 10.2 Å². The third-order valence-corrected chi connectivity index (χ3v) is 10.5. The van der Waals surface area contributed by atoms with Crippen LogP contribution in [0.4, 0.5) is 25.4 Å². The van der Waals surface area contributed by atoms with E-state index in [4.69, 9.17) is 9.72 Å². The van der Waals surface area contributed by atoms with Crippen LogP contribution in [0.2, 0.25) is 0 Å². The quantitative estimate of drug-likeness (QED) is 0.289. The molecule has 2 bridgehead atoms. The number of aryl methyl sites for hydroxylation is 1. The number of halogens is 1. The van der Waals surface area contributed by atoms with Gasteiger partial charge in [-0.25, -0.2) is 19.0 Å². The Kier molecular flexibility index (Phi) is 8.97. The van der Waals surface area contributed by atoms with Crippen molar-refractivity contribution in [3.8, 4) is 0 Å². The highest BCUT2D eigenvalue weighted by atomic mass is 19.1. The molecule has 2 atom stereocenters. The first-order valence-electron chi connectivity index (χ1n) is 17.1. The molecule has 0 radical (unpaired) electrons. The third kappa shape index (κ3) is 6.49. The summed E-state index contributed by atoms with van der Waals surface area (Å²) in [6, 6.07) is 16.8. The van der Waals surface area contributed by atoms with E-state index in [0.717, 1.165) is 75.1 Å². The number of anilines is 2. The Balaban J connectivity index is 0.966. The number of fused-ring (bicyclic) bond motifs is 3. The topological polar surface area (TPSA) is 82.9 Å². The van der Waals surface area contributed by atoms with Gasteiger partial charge in [-0.1, -0.05) is 18.2 Å². The molecule has 46 heavy (non-hydrogen) atoms. The summed E-state index contributed by atoms with van der Waals surface area (Å²) < 4.78 is 21.7. The summed E-state index contributed by atoms with van der Waals surface area (Å²) in [4.78, 5) is 37.5. The van der Waals surface area contributed by atoms with Gasteiger partial charge in [0.25, 0.3) is 0 Å². The summed E-state index contributed by atoms with van der Waals surface area (Å²) in [5.41, 5.74) is 3.74. The van der Waals surface area contributed by atoms with E-state index < -0.39 is 0 Å². The van der Waals surface area contributed by atoms with Gasteiger partial charge >= 0.3 is 12.1 Å². The lowest BCUT2D eigenvalue weighted by Crippen LogP contribution is -2.45. The van der Waals surface area contributed by atoms with E-state index in [1.165, 1.54) is 30.7 Å². The van der Waals surface area contributed by atoms with Gasteiger partial charge in [0.15, 0.2) is 0 Å². The number of hydrogen-bond acceptors (Lipinski definition) is 5. The number of para-hydroxylation sites is 1. The highest BCUT2D eigenvalue weighted by Crippen LogP contribution is 2.42. The van der Waals surface area contributed by atoms with Gasteiger partial charge in [0.2, 0.25) is 0 Å². The number of imidazole rings is 1. The molecule has 2 aromatic carbocycles. The Morgan fingerprint density at radius 3 is 2.41 bits per heavy atom. The highest BCUT2D eigenvalue weighted by Gasteiger charge is 2.42. The second kappa shape index (κ2) is 13.4. The van der Waals surface area contributed by atoms with E-state index in [-0.39, 0.29) is 24.0 Å². The Morgan fingerprint density at radius 2 is 1.70 bits per heavy atom. The van der Waals surface area contributed by atoms with Crippen LogP contribution in [-0.4, -0.2) is 69.3 Å². The van der Waals surface area contributed by atoms with Crippen LogP contribution in [0, 0.1) is 12.7 Å². The van der Waals surface area contributed by atoms with Crippen molar-refractivity contribution < 1.29 is 18.7 Å². The molecule has 10 heteroatoms. The summed E-state index contributed by atoms with van der Waals surface area (Å²) >= 11 is 0. The minimum Gasteiger partial charge on any atom is -0.446 e. The number of ether oxygens (including phenoxy) is 1. The van der Waals surface area contributed by atoms with Crippen molar-refractivity contribution in [2.24, 2.45) is 0 Å². The van der Waals surface area contributed by atoms with Crippen LogP contribution >= 0.6 is 0 Å². The molecule has 1 saturated carbocycles. The first kappa shape index (κ1) is 30.7. The maximum atomic E-state index is 13.4. The number of carbonyl (C=O) groups excluding carboxylic acids is 2. The molecule has 4 aliphatic rings. The number of carbonyl (C=O) groups is 2. The smallest absolute Gasteiger partial charge is 0.410 e. The maximum Gasteiger partial charge on any atom is 0.410 e. The largest absolute Gasteiger partial charge is 0.446 e. The van der Waals surface area contributed by atoms with E-state index >= 15 is 0 Å². The maximum absolute atomic E-state index is 13.4. The van der Waals surface area contributed by atoms with Gasteiger partial charge in [-0.3, -0.25) is 9.80 Å². The van der Waals surface area contributed by atoms with Crippen molar-refractivity contribution >= 4 is 23.5 Å². The molecule has 1 aliphatic carbocycles. The highest BCUT2D eigenvalue weighted by molar-refractivity contribution is 6.01. The zero-order valence-corrected chi connectivity index (χ0v) is 26.7. The van der Waals surface area contributed by atoms with Crippen molar-refractivity contribution in [3.05, 3.63) is 77.6 Å². The second-order valence-corrected chi connectivity index (χ2v) is 13.4. The predicted molar refractivity (Wildman–Crippen MR) is 175 cm³/mol. The van der Waals surface area contributed by atoms with Gasteiger partial charge in [-0.2, -0.15) is 0 Å². The van der Waals surface area contributed by atoms with Crippen LogP contribution in [-0.2, 0) is 17.7 Å². The van der Waals surface area contributed by atoms with Crippen LogP contribution in [0.5, 0.6) is 0 Å². The van der Waals surface area contributed by atoms with Gasteiger partial charge in [-0.15, -0.1) is 0 Å². The molecule has 3 aliphatic heterocycles. The van der Waals surface area contributed by atoms with Crippen molar-refractivity contribution in [2.75, 3.05) is 29.9 Å². The molecule has 244 valence electrons. The molecule has 0 spiro atoms. The van der Waals surface area contributed by atoms with E-state index in [9.17, 15) is 14.0 Å². The van der Waals surface area contributed by atoms with Crippen LogP contribution in [0.15, 0.2) is 54.6 Å². The van der Waals surface area contributed by atoms with Gasteiger partial charge in [0.1, 0.15) is 17.7 Å². The van der Waals surface area contributed by atoms with Crippen molar-refractivity contribution in [1.29, 1.82) is 0 Å². The van der Waals surface area contributed by atoms with Crippen molar-refractivity contribution in [2.45, 2.75) is 102 Å². The minimum absolute atomic E-state index is 0.0776. The molecule has 0 unspecified atom stereocenters. The number of hydrogen-bond donors (Lipinski definition) is 1. The summed E-state index contributed by atoms with van der Waals surface area (Å²) in [5.74, 6) is 0.724. The van der Waals surface area contributed by atoms with Gasteiger partial charge in [0, 0.05) is 61.2 Å². The van der Waals surface area contributed by atoms with Gasteiger partial charge in [-0.05, 0) is 101 Å². The lowest BCUT2D eigenvalue weighted by Gasteiger charge is -2.41. The number of urea groups is 1. The molecule has 1 aromatic heterocycles. The van der Waals surface area contributed by atoms with E-state index in [1.807, 2.05) is 35.2 Å². The lowest BCUT2D eigenvalue weighted by atomic mass is 9.95. The molecule has 1 N–H and O–H groups in total. The number of aromatic nitrogens is 2. The number of nitrogens with one attached hydrogen (secondary N) is 1. The Morgan fingerprint density at radius 1 is 0.978 bits per heavy atom. The fourth-order valence-corrected chi connectivity index (χ4v) is 8.32. The molecular weight excluding hydrogens is 583 g/mol. The molecule has 2 saturated heterocycles. The monoisotopic (exact) mass is 628 g/mol. The first-order chi connectivity index (χ1) is 22.4. The van der Waals surface area contributed by atoms with Crippen LogP contribution in [0.3, 0.4) is 0 Å². The Labute approximate surface area is 270 Å². The molecular formula is C36H45FN6O3. The zero-order chi connectivity index (χ0) is 31.6. The van der Waals surface area contributed by atoms with Crippen molar-refractivity contribution in [1.82, 2.24) is 19.4 Å². The summed E-state index contributed by atoms with van der Waals surface area (Å²) in [5, 5.41) is 2.93. The minimum atomic E-state index is -0.331. The molecule has 3 aromatic rings. The van der Waals surface area contributed by atoms with E-state index in [1.54, 1.807) is 17.0 Å². The van der Waals surface area contributed by atoms with Gasteiger partial charge in [0.05, 0.1) is 12.2 Å². The standard InChI is InChI=1S/C36H45FN6O3/c1-25-38-33-24-40(36(45)46-32-10-5-6-11-32)21-18-34(33)43(25)31-22-29-16-17-30(23-31)41(29)19-7-20-42(28-8-3-2-4-9-28)35(44)39-27-14-12-26(37)13-15-27/h2-4,8-9,12-15,29-32H,5-7,10-11,16-24H2,1H3,(H,39,44)/t29-,30-/m1/s1. The number of benzene rings is 2. The third-order valence-electron chi connectivity index (χ3n) is 10.5. The van der Waals surface area contributed by atoms with E-state index in [0.29, 0.717) is 43.4 Å². The summed E-state index contributed by atoms with van der Waals surface area (Å²) in [6.07, 6.45) is 10.4. The number of piperidine rings is 1. The van der Waals surface area contributed by atoms with E-state index in [2.05, 4.69) is 21.7 Å². The number of rotatable bonds is 8. The fourth-order valence-electron chi connectivity index (χ4n) is 8.32. The fraction of sp³-hybridized carbons (Fsp3) is 0.528. The van der Waals surface area contributed by atoms with Crippen LogP contribution in [0.25, 0.3) is 0 Å². The zero-order valence-electron chi connectivity index (χ0n) is 26.7. The van der Waals surface area contributed by atoms with Crippen LogP contribution in [0.1, 0.15) is 81.0 Å². The van der Waals surface area contributed by atoms with Gasteiger partial charge < -0.3 is 19.5 Å². The predicted octanol–water partition coefficient (Wildman–Crippen LogP) is 7.06. The average Bonchev–Trinajstić information content (AvgIpc) is 3.75. The first-order valence-corrected chi connectivity index (χ1v) is 17.1. The molecule has 4 heterocycles. The summed E-state index contributed by atoms with van der Waals surface area (Å²) in [6.45, 7) is 4.86. The normalized spacial score (nSPS) is 22.9. The Bertz CT molecular complexity index is 1510. The SMILES string of the molecule is Cc1nc2c(n1C1C[C@H]3CC[C@H](C1)N3CCCN(C(=O)Nc1ccc(F)cc1)c1ccccc1)CCN(C(=O)OC1CCCC1)C2. The molecule has 3 fully saturated rings. The lowest BCUT2D eigenvalue weighted by molar-refractivity contribution is 0.0609. The average molecular weight is 629 g/mol. The molecule has 9 nitrogen and oxygen atoms in total.